The first-order valence-electron chi connectivity index (χ1n) is 6.08. The van der Waals surface area contributed by atoms with Crippen LogP contribution in [0, 0.1) is 11.8 Å². The van der Waals surface area contributed by atoms with E-state index in [1.54, 1.807) is 0 Å². The van der Waals surface area contributed by atoms with Gasteiger partial charge in [0.2, 0.25) is 0 Å². The van der Waals surface area contributed by atoms with Gasteiger partial charge in [0, 0.05) is 0 Å². The van der Waals surface area contributed by atoms with E-state index < -0.39 is 0 Å². The predicted octanol–water partition coefficient (Wildman–Crippen LogP) is 2.73. The molecule has 80 valence electrons. The third-order valence-corrected chi connectivity index (χ3v) is 4.25. The van der Waals surface area contributed by atoms with Gasteiger partial charge in [0.25, 0.3) is 0 Å². The molecule has 15 heavy (non-hydrogen) atoms. The topological polar surface area (TPSA) is 20.2 Å². The lowest BCUT2D eigenvalue weighted by atomic mass is 9.92. The van der Waals surface area contributed by atoms with Gasteiger partial charge in [0.05, 0.1) is 6.10 Å². The minimum Gasteiger partial charge on any atom is -0.393 e. The first kappa shape index (κ1) is 9.41. The molecule has 0 aromatic heterocycles. The maximum atomic E-state index is 9.95. The Balaban J connectivity index is 1.90. The van der Waals surface area contributed by atoms with E-state index >= 15 is 0 Å². The summed E-state index contributed by atoms with van der Waals surface area (Å²) < 4.78 is 0. The second-order valence-electron chi connectivity index (χ2n) is 4.98. The second-order valence-corrected chi connectivity index (χ2v) is 4.98. The number of fused-ring (bicyclic) bond motifs is 3. The van der Waals surface area contributed by atoms with Gasteiger partial charge in [0.1, 0.15) is 0 Å². The largest absolute Gasteiger partial charge is 0.393 e. The lowest BCUT2D eigenvalue weighted by Gasteiger charge is -2.13. The number of rotatable bonds is 2. The highest BCUT2D eigenvalue weighted by Crippen LogP contribution is 2.61. The number of aliphatic hydroxyl groups is 1. The summed E-state index contributed by atoms with van der Waals surface area (Å²) in [6, 6.07) is 8.77. The SMILES string of the molecule is CCC(O)C1C2CCc3ccccc3C21. The molecule has 2 aliphatic carbocycles. The molecule has 0 aliphatic heterocycles. The second kappa shape index (κ2) is 3.34. The number of aryl methyl sites for hydroxylation is 1. The van der Waals surface area contributed by atoms with Crippen LogP contribution in [0.25, 0.3) is 0 Å². The third kappa shape index (κ3) is 1.33. The highest BCUT2D eigenvalue weighted by Gasteiger charge is 2.55. The van der Waals surface area contributed by atoms with Crippen LogP contribution in [0.5, 0.6) is 0 Å². The van der Waals surface area contributed by atoms with Gasteiger partial charge in [-0.15, -0.1) is 0 Å². The first-order chi connectivity index (χ1) is 7.33. The van der Waals surface area contributed by atoms with Crippen molar-refractivity contribution in [1.82, 2.24) is 0 Å². The van der Waals surface area contributed by atoms with Crippen LogP contribution < -0.4 is 0 Å². The zero-order valence-corrected chi connectivity index (χ0v) is 9.19. The minimum atomic E-state index is -0.0776. The Hall–Kier alpha value is -0.820. The van der Waals surface area contributed by atoms with Crippen LogP contribution in [0.15, 0.2) is 24.3 Å². The molecule has 0 radical (unpaired) electrons. The summed E-state index contributed by atoms with van der Waals surface area (Å²) in [6.45, 7) is 2.08. The summed E-state index contributed by atoms with van der Waals surface area (Å²) in [7, 11) is 0. The van der Waals surface area contributed by atoms with Crippen molar-refractivity contribution < 1.29 is 5.11 Å². The van der Waals surface area contributed by atoms with Gasteiger partial charge in [-0.1, -0.05) is 31.2 Å². The van der Waals surface area contributed by atoms with E-state index in [-0.39, 0.29) is 6.10 Å². The number of hydrogen-bond donors (Lipinski definition) is 1. The van der Waals surface area contributed by atoms with Gasteiger partial charge < -0.3 is 5.11 Å². The fourth-order valence-corrected chi connectivity index (χ4v) is 3.42. The molecular weight excluding hydrogens is 184 g/mol. The summed E-state index contributed by atoms with van der Waals surface area (Å²) in [5.41, 5.74) is 3.04. The van der Waals surface area contributed by atoms with E-state index in [1.165, 1.54) is 24.0 Å². The van der Waals surface area contributed by atoms with Crippen molar-refractivity contribution in [3.05, 3.63) is 35.4 Å². The quantitative estimate of drug-likeness (QED) is 0.781. The first-order valence-corrected chi connectivity index (χ1v) is 6.08. The molecule has 4 atom stereocenters. The molecule has 2 aliphatic rings. The number of aliphatic hydroxyl groups excluding tert-OH is 1. The maximum Gasteiger partial charge on any atom is 0.0574 e. The third-order valence-electron chi connectivity index (χ3n) is 4.25. The summed E-state index contributed by atoms with van der Waals surface area (Å²) >= 11 is 0. The van der Waals surface area contributed by atoms with Crippen LogP contribution >= 0.6 is 0 Å². The lowest BCUT2D eigenvalue weighted by Crippen LogP contribution is -2.09. The van der Waals surface area contributed by atoms with Crippen LogP contribution in [0.2, 0.25) is 0 Å². The van der Waals surface area contributed by atoms with E-state index in [1.807, 2.05) is 0 Å². The van der Waals surface area contributed by atoms with Crippen molar-refractivity contribution in [1.29, 1.82) is 0 Å². The highest BCUT2D eigenvalue weighted by molar-refractivity contribution is 5.39. The summed E-state index contributed by atoms with van der Waals surface area (Å²) in [5.74, 6) is 2.00. The minimum absolute atomic E-state index is 0.0776. The van der Waals surface area contributed by atoms with Gasteiger partial charge in [-0.05, 0) is 48.1 Å². The van der Waals surface area contributed by atoms with Crippen LogP contribution in [0.3, 0.4) is 0 Å². The standard InChI is InChI=1S/C14H18O/c1-2-12(15)14-11-8-7-9-5-3-4-6-10(9)13(11)14/h3-6,11-15H,2,7-8H2,1H3. The Morgan fingerprint density at radius 3 is 3.00 bits per heavy atom. The Bertz CT molecular complexity index is 371. The molecule has 1 nitrogen and oxygen atoms in total. The molecule has 1 fully saturated rings. The van der Waals surface area contributed by atoms with Crippen LogP contribution in [-0.4, -0.2) is 11.2 Å². The van der Waals surface area contributed by atoms with Crippen molar-refractivity contribution in [2.24, 2.45) is 11.8 Å². The molecule has 0 heterocycles. The van der Waals surface area contributed by atoms with Crippen molar-refractivity contribution in [3.8, 4) is 0 Å². The van der Waals surface area contributed by atoms with E-state index in [2.05, 4.69) is 31.2 Å². The average Bonchev–Trinajstić information content (AvgIpc) is 3.02. The van der Waals surface area contributed by atoms with E-state index in [0.29, 0.717) is 11.8 Å². The van der Waals surface area contributed by atoms with Gasteiger partial charge in [0.15, 0.2) is 0 Å². The Morgan fingerprint density at radius 2 is 2.20 bits per heavy atom. The van der Waals surface area contributed by atoms with Crippen molar-refractivity contribution in [2.45, 2.75) is 38.2 Å². The molecule has 3 rings (SSSR count). The van der Waals surface area contributed by atoms with Crippen molar-refractivity contribution in [2.75, 3.05) is 0 Å². The lowest BCUT2D eigenvalue weighted by molar-refractivity contribution is 0.139. The zero-order chi connectivity index (χ0) is 10.4. The van der Waals surface area contributed by atoms with E-state index in [9.17, 15) is 5.11 Å². The normalized spacial score (nSPS) is 34.1. The van der Waals surface area contributed by atoms with Crippen molar-refractivity contribution >= 4 is 0 Å². The average molecular weight is 202 g/mol. The van der Waals surface area contributed by atoms with E-state index in [4.69, 9.17) is 0 Å². The Labute approximate surface area is 91.1 Å². The molecule has 1 aromatic carbocycles. The summed E-state index contributed by atoms with van der Waals surface area (Å²) in [6.07, 6.45) is 3.32. The molecule has 4 unspecified atom stereocenters. The molecular formula is C14H18O. The molecule has 0 spiro atoms. The molecule has 1 saturated carbocycles. The monoisotopic (exact) mass is 202 g/mol. The maximum absolute atomic E-state index is 9.95. The molecule has 1 N–H and O–H groups in total. The Morgan fingerprint density at radius 1 is 1.40 bits per heavy atom. The van der Waals surface area contributed by atoms with E-state index in [0.717, 1.165) is 12.3 Å². The van der Waals surface area contributed by atoms with Crippen LogP contribution in [-0.2, 0) is 6.42 Å². The fourth-order valence-electron chi connectivity index (χ4n) is 3.42. The molecule has 1 heteroatoms. The molecule has 0 saturated heterocycles. The smallest absolute Gasteiger partial charge is 0.0574 e. The van der Waals surface area contributed by atoms with Crippen molar-refractivity contribution in [3.63, 3.8) is 0 Å². The predicted molar refractivity (Wildman–Crippen MR) is 60.8 cm³/mol. The van der Waals surface area contributed by atoms with Gasteiger partial charge in [-0.25, -0.2) is 0 Å². The van der Waals surface area contributed by atoms with Crippen LogP contribution in [0.1, 0.15) is 36.8 Å². The molecule has 0 amide bonds. The molecule has 0 bridgehead atoms. The van der Waals surface area contributed by atoms with Crippen LogP contribution in [0.4, 0.5) is 0 Å². The molecule has 1 aromatic rings. The highest BCUT2D eigenvalue weighted by atomic mass is 16.3. The van der Waals surface area contributed by atoms with Gasteiger partial charge >= 0.3 is 0 Å². The van der Waals surface area contributed by atoms with Gasteiger partial charge in [-0.2, -0.15) is 0 Å². The Kier molecular flexibility index (Phi) is 2.10. The summed E-state index contributed by atoms with van der Waals surface area (Å²) in [5, 5.41) is 9.95. The number of benzene rings is 1. The summed E-state index contributed by atoms with van der Waals surface area (Å²) in [4.78, 5) is 0. The fraction of sp³-hybridized carbons (Fsp3) is 0.571. The zero-order valence-electron chi connectivity index (χ0n) is 9.19. The van der Waals surface area contributed by atoms with Gasteiger partial charge in [-0.3, -0.25) is 0 Å². The number of hydrogen-bond acceptors (Lipinski definition) is 1.